The van der Waals surface area contributed by atoms with Crippen LogP contribution in [-0.2, 0) is 22.8 Å². The Labute approximate surface area is 141 Å². The average molecular weight is 349 g/mol. The smallest absolute Gasteiger partial charge is 0.175 e. The van der Waals surface area contributed by atoms with Crippen molar-refractivity contribution in [3.63, 3.8) is 0 Å². The molecule has 1 aliphatic rings. The molecular formula is C18H20FNO3S. The molecule has 0 amide bonds. The number of benzene rings is 2. The predicted octanol–water partition coefficient (Wildman–Crippen LogP) is 2.32. The molecule has 1 unspecified atom stereocenters. The van der Waals surface area contributed by atoms with Gasteiger partial charge in [-0.1, -0.05) is 18.2 Å². The Kier molecular flexibility index (Phi) is 4.71. The summed E-state index contributed by atoms with van der Waals surface area (Å²) in [6.45, 7) is 1.89. The lowest BCUT2D eigenvalue weighted by Crippen LogP contribution is -2.34. The normalized spacial score (nSPS) is 16.6. The highest BCUT2D eigenvalue weighted by atomic mass is 32.2. The van der Waals surface area contributed by atoms with E-state index >= 15 is 0 Å². The van der Waals surface area contributed by atoms with E-state index in [4.69, 9.17) is 0 Å². The van der Waals surface area contributed by atoms with Gasteiger partial charge < -0.3 is 5.11 Å². The van der Waals surface area contributed by atoms with E-state index in [2.05, 4.69) is 4.90 Å². The maximum Gasteiger partial charge on any atom is 0.175 e. The van der Waals surface area contributed by atoms with Crippen molar-refractivity contribution in [2.45, 2.75) is 24.0 Å². The van der Waals surface area contributed by atoms with Crippen molar-refractivity contribution < 1.29 is 17.9 Å². The maximum absolute atomic E-state index is 13.2. The number of β-amino-alcohol motifs (C(OH)–C–C–N with tert-alkyl or cyclic N) is 1. The van der Waals surface area contributed by atoms with Crippen LogP contribution in [0.5, 0.6) is 0 Å². The Morgan fingerprint density at radius 3 is 2.54 bits per heavy atom. The third-order valence-electron chi connectivity index (χ3n) is 4.38. The number of fused-ring (bicyclic) bond motifs is 1. The number of sulfone groups is 1. The molecule has 0 aromatic heterocycles. The van der Waals surface area contributed by atoms with Crippen LogP contribution in [0.3, 0.4) is 0 Å². The molecule has 4 nitrogen and oxygen atoms in total. The van der Waals surface area contributed by atoms with Crippen molar-refractivity contribution in [3.05, 3.63) is 65.0 Å². The number of hydrogen-bond acceptors (Lipinski definition) is 4. The highest BCUT2D eigenvalue weighted by Crippen LogP contribution is 2.23. The Morgan fingerprint density at radius 2 is 1.88 bits per heavy atom. The van der Waals surface area contributed by atoms with Crippen LogP contribution in [0, 0.1) is 5.82 Å². The first kappa shape index (κ1) is 17.1. The van der Waals surface area contributed by atoms with Crippen molar-refractivity contribution in [2.24, 2.45) is 0 Å². The van der Waals surface area contributed by atoms with Gasteiger partial charge in [0.1, 0.15) is 5.82 Å². The number of aliphatic hydroxyl groups excluding tert-OH is 1. The fourth-order valence-corrected chi connectivity index (χ4v) is 3.65. The van der Waals surface area contributed by atoms with Gasteiger partial charge in [-0.05, 0) is 47.4 Å². The molecule has 2 aromatic rings. The summed E-state index contributed by atoms with van der Waals surface area (Å²) >= 11 is 0. The fraction of sp³-hybridized carbons (Fsp3) is 0.333. The molecular weight excluding hydrogens is 329 g/mol. The molecule has 6 heteroatoms. The van der Waals surface area contributed by atoms with Crippen LogP contribution in [0.4, 0.5) is 4.39 Å². The molecule has 0 saturated heterocycles. The van der Waals surface area contributed by atoms with Gasteiger partial charge in [-0.25, -0.2) is 12.8 Å². The van der Waals surface area contributed by atoms with E-state index in [0.717, 1.165) is 30.3 Å². The van der Waals surface area contributed by atoms with Gasteiger partial charge in [-0.2, -0.15) is 0 Å². The topological polar surface area (TPSA) is 57.6 Å². The van der Waals surface area contributed by atoms with Crippen LogP contribution in [0.15, 0.2) is 47.4 Å². The van der Waals surface area contributed by atoms with Crippen LogP contribution in [0.2, 0.25) is 0 Å². The lowest BCUT2D eigenvalue weighted by atomic mass is 9.99. The van der Waals surface area contributed by atoms with Gasteiger partial charge in [0.25, 0.3) is 0 Å². The molecule has 3 rings (SSSR count). The maximum atomic E-state index is 13.2. The minimum Gasteiger partial charge on any atom is -0.387 e. The van der Waals surface area contributed by atoms with E-state index in [1.807, 2.05) is 0 Å². The van der Waals surface area contributed by atoms with Crippen molar-refractivity contribution in [2.75, 3.05) is 19.3 Å². The Hall–Kier alpha value is -1.76. The zero-order chi connectivity index (χ0) is 17.3. The van der Waals surface area contributed by atoms with E-state index in [-0.39, 0.29) is 10.7 Å². The van der Waals surface area contributed by atoms with E-state index in [9.17, 15) is 17.9 Å². The fourth-order valence-electron chi connectivity index (χ4n) is 3.02. The monoisotopic (exact) mass is 349 g/mol. The van der Waals surface area contributed by atoms with Crippen LogP contribution < -0.4 is 0 Å². The van der Waals surface area contributed by atoms with Gasteiger partial charge >= 0.3 is 0 Å². The highest BCUT2D eigenvalue weighted by Gasteiger charge is 2.20. The molecule has 0 aliphatic carbocycles. The summed E-state index contributed by atoms with van der Waals surface area (Å²) in [5.74, 6) is -0.215. The van der Waals surface area contributed by atoms with E-state index in [0.29, 0.717) is 18.7 Å². The quantitative estimate of drug-likeness (QED) is 0.920. The summed E-state index contributed by atoms with van der Waals surface area (Å²) in [6, 6.07) is 11.2. The Morgan fingerprint density at radius 1 is 1.17 bits per heavy atom. The number of aliphatic hydroxyl groups is 1. The van der Waals surface area contributed by atoms with Gasteiger partial charge in [0.05, 0.1) is 11.0 Å². The summed E-state index contributed by atoms with van der Waals surface area (Å²) in [7, 11) is -3.23. The molecule has 24 heavy (non-hydrogen) atoms. The van der Waals surface area contributed by atoms with Crippen molar-refractivity contribution in [1.82, 2.24) is 4.90 Å². The molecule has 128 valence electrons. The largest absolute Gasteiger partial charge is 0.387 e. The zero-order valence-corrected chi connectivity index (χ0v) is 14.3. The molecule has 0 saturated carbocycles. The number of hydrogen-bond donors (Lipinski definition) is 1. The van der Waals surface area contributed by atoms with E-state index in [1.54, 1.807) is 24.3 Å². The second kappa shape index (κ2) is 6.63. The number of rotatable bonds is 4. The summed E-state index contributed by atoms with van der Waals surface area (Å²) in [5, 5.41) is 10.4. The first-order chi connectivity index (χ1) is 11.3. The standard InChI is InChI=1S/C18H20FNO3S/c1-24(22,23)17-6-3-13(4-7-17)18(21)12-20-9-8-14-10-16(19)5-2-15(14)11-20/h2-7,10,18,21H,8-9,11-12H2,1H3. The minimum absolute atomic E-state index is 0.215. The van der Waals surface area contributed by atoms with Crippen molar-refractivity contribution >= 4 is 9.84 Å². The lowest BCUT2D eigenvalue weighted by molar-refractivity contribution is 0.106. The van der Waals surface area contributed by atoms with Crippen LogP contribution in [0.25, 0.3) is 0 Å². The van der Waals surface area contributed by atoms with Gasteiger partial charge in [0.15, 0.2) is 9.84 Å². The average Bonchev–Trinajstić information content (AvgIpc) is 2.54. The molecule has 0 fully saturated rings. The molecule has 2 aromatic carbocycles. The summed E-state index contributed by atoms with van der Waals surface area (Å²) in [4.78, 5) is 2.36. The molecule has 1 atom stereocenters. The lowest BCUT2D eigenvalue weighted by Gasteiger charge is -2.30. The van der Waals surface area contributed by atoms with Gasteiger partial charge in [-0.3, -0.25) is 4.90 Å². The van der Waals surface area contributed by atoms with E-state index in [1.165, 1.54) is 18.2 Å². The minimum atomic E-state index is -3.23. The molecule has 1 heterocycles. The summed E-state index contributed by atoms with van der Waals surface area (Å²) in [6.07, 6.45) is 1.22. The second-order valence-electron chi connectivity index (χ2n) is 6.26. The Balaban J connectivity index is 1.67. The first-order valence-electron chi connectivity index (χ1n) is 7.81. The van der Waals surface area contributed by atoms with Gasteiger partial charge in [0, 0.05) is 25.9 Å². The zero-order valence-electron chi connectivity index (χ0n) is 13.4. The SMILES string of the molecule is CS(=O)(=O)c1ccc(C(O)CN2CCc3cc(F)ccc3C2)cc1. The molecule has 0 bridgehead atoms. The molecule has 1 N–H and O–H groups in total. The number of halogens is 1. The van der Waals surface area contributed by atoms with Gasteiger partial charge in [0.2, 0.25) is 0 Å². The van der Waals surface area contributed by atoms with E-state index < -0.39 is 15.9 Å². The van der Waals surface area contributed by atoms with Crippen LogP contribution >= 0.6 is 0 Å². The van der Waals surface area contributed by atoms with Crippen molar-refractivity contribution in [3.8, 4) is 0 Å². The Bertz CT molecular complexity index is 834. The molecule has 0 spiro atoms. The predicted molar refractivity (Wildman–Crippen MR) is 89.9 cm³/mol. The first-order valence-corrected chi connectivity index (χ1v) is 9.70. The van der Waals surface area contributed by atoms with Gasteiger partial charge in [-0.15, -0.1) is 0 Å². The second-order valence-corrected chi connectivity index (χ2v) is 8.27. The summed E-state index contributed by atoms with van der Waals surface area (Å²) in [5.41, 5.74) is 2.80. The summed E-state index contributed by atoms with van der Waals surface area (Å²) < 4.78 is 36.2. The third kappa shape index (κ3) is 3.83. The van der Waals surface area contributed by atoms with Crippen LogP contribution in [0.1, 0.15) is 22.8 Å². The number of nitrogens with zero attached hydrogens (tertiary/aromatic N) is 1. The van der Waals surface area contributed by atoms with Crippen molar-refractivity contribution in [1.29, 1.82) is 0 Å². The molecule has 0 radical (unpaired) electrons. The van der Waals surface area contributed by atoms with Crippen LogP contribution in [-0.4, -0.2) is 37.8 Å². The third-order valence-corrected chi connectivity index (χ3v) is 5.51. The molecule has 1 aliphatic heterocycles. The highest BCUT2D eigenvalue weighted by molar-refractivity contribution is 7.90.